The lowest BCUT2D eigenvalue weighted by atomic mass is 10.0. The number of carbonyl (C=O) groups is 2. The van der Waals surface area contributed by atoms with Gasteiger partial charge in [-0.05, 0) is 79.5 Å². The van der Waals surface area contributed by atoms with Crippen LogP contribution in [-0.4, -0.2) is 24.9 Å². The van der Waals surface area contributed by atoms with Gasteiger partial charge in [-0.1, -0.05) is 0 Å². The van der Waals surface area contributed by atoms with Crippen LogP contribution in [0.5, 0.6) is 11.5 Å². The van der Waals surface area contributed by atoms with Crippen LogP contribution in [0.3, 0.4) is 0 Å². The first-order valence-electron chi connectivity index (χ1n) is 8.39. The second kappa shape index (κ2) is 8.85. The number of halogens is 1. The zero-order chi connectivity index (χ0) is 19.3. The third-order valence-corrected chi connectivity index (χ3v) is 4.51. The smallest absolute Gasteiger partial charge is 0.255 e. The molecule has 2 aromatic carbocycles. The number of ketones is 1. The van der Waals surface area contributed by atoms with Gasteiger partial charge in [0, 0.05) is 16.8 Å². The van der Waals surface area contributed by atoms with E-state index in [0.717, 1.165) is 5.56 Å². The third-order valence-electron chi connectivity index (χ3n) is 3.73. The average molecular weight is 420 g/mol. The minimum Gasteiger partial charge on any atom is -0.493 e. The SMILES string of the molecule is CCOc1cc(C(=O)Nc2ccc(C(C)=O)c(C)c2)cc(OCC)c1Br. The minimum absolute atomic E-state index is 0.00371. The first-order valence-corrected chi connectivity index (χ1v) is 9.18. The fourth-order valence-electron chi connectivity index (χ4n) is 2.56. The second-order valence-corrected chi connectivity index (χ2v) is 6.49. The van der Waals surface area contributed by atoms with Crippen LogP contribution in [0.15, 0.2) is 34.8 Å². The van der Waals surface area contributed by atoms with E-state index in [1.54, 1.807) is 30.3 Å². The Hall–Kier alpha value is -2.34. The van der Waals surface area contributed by atoms with Gasteiger partial charge in [0.1, 0.15) is 16.0 Å². The summed E-state index contributed by atoms with van der Waals surface area (Å²) in [5, 5.41) is 2.85. The molecule has 0 unspecified atom stereocenters. The fourth-order valence-corrected chi connectivity index (χ4v) is 3.02. The van der Waals surface area contributed by atoms with Gasteiger partial charge in [-0.15, -0.1) is 0 Å². The highest BCUT2D eigenvalue weighted by atomic mass is 79.9. The molecule has 26 heavy (non-hydrogen) atoms. The highest BCUT2D eigenvalue weighted by molar-refractivity contribution is 9.10. The summed E-state index contributed by atoms with van der Waals surface area (Å²) in [6, 6.07) is 8.55. The van der Waals surface area contributed by atoms with E-state index in [9.17, 15) is 9.59 Å². The molecule has 6 heteroatoms. The topological polar surface area (TPSA) is 64.6 Å². The number of hydrogen-bond donors (Lipinski definition) is 1. The Kier molecular flexibility index (Phi) is 6.80. The number of nitrogens with one attached hydrogen (secondary N) is 1. The summed E-state index contributed by atoms with van der Waals surface area (Å²) < 4.78 is 11.8. The number of Topliss-reactive ketones (excluding diaryl/α,β-unsaturated/α-hetero) is 1. The summed E-state index contributed by atoms with van der Waals surface area (Å²) in [5.74, 6) is 0.809. The number of anilines is 1. The molecule has 0 aromatic heterocycles. The zero-order valence-corrected chi connectivity index (χ0v) is 16.9. The van der Waals surface area contributed by atoms with Crippen molar-refractivity contribution in [2.75, 3.05) is 18.5 Å². The lowest BCUT2D eigenvalue weighted by Crippen LogP contribution is -2.13. The van der Waals surface area contributed by atoms with Gasteiger partial charge in [0.05, 0.1) is 13.2 Å². The van der Waals surface area contributed by atoms with Crippen molar-refractivity contribution in [1.82, 2.24) is 0 Å². The molecule has 0 aliphatic heterocycles. The quantitative estimate of drug-likeness (QED) is 0.640. The Labute approximate surface area is 161 Å². The molecule has 0 heterocycles. The molecule has 0 spiro atoms. The predicted molar refractivity (Wildman–Crippen MR) is 106 cm³/mol. The van der Waals surface area contributed by atoms with Crippen LogP contribution in [0.2, 0.25) is 0 Å². The number of ether oxygens (including phenoxy) is 2. The molecule has 0 radical (unpaired) electrons. The zero-order valence-electron chi connectivity index (χ0n) is 15.3. The van der Waals surface area contributed by atoms with E-state index in [0.29, 0.717) is 46.0 Å². The van der Waals surface area contributed by atoms with Gasteiger partial charge in [0.15, 0.2) is 5.78 Å². The normalized spacial score (nSPS) is 10.3. The molecule has 0 aliphatic carbocycles. The first kappa shape index (κ1) is 20.0. The summed E-state index contributed by atoms with van der Waals surface area (Å²) in [6.45, 7) is 8.05. The van der Waals surface area contributed by atoms with Crippen LogP contribution < -0.4 is 14.8 Å². The Balaban J connectivity index is 2.31. The number of amides is 1. The molecular formula is C20H22BrNO4. The van der Waals surface area contributed by atoms with Crippen LogP contribution in [0, 0.1) is 6.92 Å². The molecule has 0 saturated carbocycles. The summed E-state index contributed by atoms with van der Waals surface area (Å²) in [7, 11) is 0. The molecule has 1 N–H and O–H groups in total. The van der Waals surface area contributed by atoms with Crippen LogP contribution in [-0.2, 0) is 0 Å². The van der Waals surface area contributed by atoms with E-state index in [1.807, 2.05) is 20.8 Å². The maximum atomic E-state index is 12.7. The van der Waals surface area contributed by atoms with Gasteiger partial charge >= 0.3 is 0 Å². The molecule has 0 aliphatic rings. The molecule has 5 nitrogen and oxygen atoms in total. The lowest BCUT2D eigenvalue weighted by Gasteiger charge is -2.14. The highest BCUT2D eigenvalue weighted by Crippen LogP contribution is 2.36. The molecule has 2 aromatic rings. The largest absolute Gasteiger partial charge is 0.493 e. The van der Waals surface area contributed by atoms with Gasteiger partial charge in [0.25, 0.3) is 5.91 Å². The van der Waals surface area contributed by atoms with Gasteiger partial charge in [-0.3, -0.25) is 9.59 Å². The van der Waals surface area contributed by atoms with Crippen molar-refractivity contribution >= 4 is 33.3 Å². The van der Waals surface area contributed by atoms with Gasteiger partial charge in [0.2, 0.25) is 0 Å². The number of hydrogen-bond acceptors (Lipinski definition) is 4. The molecule has 1 amide bonds. The number of aryl methyl sites for hydroxylation is 1. The fraction of sp³-hybridized carbons (Fsp3) is 0.300. The lowest BCUT2D eigenvalue weighted by molar-refractivity contribution is 0.101. The minimum atomic E-state index is -0.283. The number of benzene rings is 2. The van der Waals surface area contributed by atoms with E-state index in [1.165, 1.54) is 6.92 Å². The summed E-state index contributed by atoms with van der Waals surface area (Å²) in [5.41, 5.74) is 2.50. The maximum absolute atomic E-state index is 12.7. The molecular weight excluding hydrogens is 398 g/mol. The van der Waals surface area contributed by atoms with Crippen molar-refractivity contribution in [3.63, 3.8) is 0 Å². The molecule has 2 rings (SSSR count). The average Bonchev–Trinajstić information content (AvgIpc) is 2.58. The molecule has 138 valence electrons. The van der Waals surface area contributed by atoms with E-state index < -0.39 is 0 Å². The van der Waals surface area contributed by atoms with Crippen molar-refractivity contribution in [3.05, 3.63) is 51.5 Å². The first-order chi connectivity index (χ1) is 12.4. The summed E-state index contributed by atoms with van der Waals surface area (Å²) in [6.07, 6.45) is 0. The number of carbonyl (C=O) groups excluding carboxylic acids is 2. The van der Waals surface area contributed by atoms with Gasteiger partial charge in [-0.25, -0.2) is 0 Å². The predicted octanol–water partition coefficient (Wildman–Crippen LogP) is 5.01. The molecule has 0 saturated heterocycles. The molecule has 0 atom stereocenters. The van der Waals surface area contributed by atoms with Crippen LogP contribution in [0.4, 0.5) is 5.69 Å². The van der Waals surface area contributed by atoms with E-state index >= 15 is 0 Å². The van der Waals surface area contributed by atoms with Crippen molar-refractivity contribution < 1.29 is 19.1 Å². The second-order valence-electron chi connectivity index (χ2n) is 5.69. The van der Waals surface area contributed by atoms with Crippen LogP contribution in [0.25, 0.3) is 0 Å². The Morgan fingerprint density at radius 2 is 1.62 bits per heavy atom. The maximum Gasteiger partial charge on any atom is 0.255 e. The number of rotatable bonds is 7. The van der Waals surface area contributed by atoms with Crippen LogP contribution >= 0.6 is 15.9 Å². The summed E-state index contributed by atoms with van der Waals surface area (Å²) in [4.78, 5) is 24.2. The van der Waals surface area contributed by atoms with Crippen molar-refractivity contribution in [3.8, 4) is 11.5 Å². The van der Waals surface area contributed by atoms with E-state index in [-0.39, 0.29) is 11.7 Å². The Morgan fingerprint density at radius 1 is 1.04 bits per heavy atom. The summed E-state index contributed by atoms with van der Waals surface area (Å²) >= 11 is 3.45. The highest BCUT2D eigenvalue weighted by Gasteiger charge is 2.16. The van der Waals surface area contributed by atoms with E-state index in [2.05, 4.69) is 21.2 Å². The van der Waals surface area contributed by atoms with Crippen molar-refractivity contribution in [2.24, 2.45) is 0 Å². The Morgan fingerprint density at radius 3 is 2.08 bits per heavy atom. The van der Waals surface area contributed by atoms with Gasteiger partial charge in [-0.2, -0.15) is 0 Å². The monoisotopic (exact) mass is 419 g/mol. The van der Waals surface area contributed by atoms with E-state index in [4.69, 9.17) is 9.47 Å². The van der Waals surface area contributed by atoms with Crippen molar-refractivity contribution in [1.29, 1.82) is 0 Å². The third kappa shape index (κ3) is 4.64. The molecule has 0 fully saturated rings. The van der Waals surface area contributed by atoms with Crippen molar-refractivity contribution in [2.45, 2.75) is 27.7 Å². The van der Waals surface area contributed by atoms with Crippen LogP contribution in [0.1, 0.15) is 47.1 Å². The van der Waals surface area contributed by atoms with Gasteiger partial charge < -0.3 is 14.8 Å². The Bertz CT molecular complexity index is 806. The standard InChI is InChI=1S/C20H22BrNO4/c1-5-25-17-10-14(11-18(19(17)21)26-6-2)20(24)22-15-7-8-16(13(4)23)12(3)9-15/h7-11H,5-6H2,1-4H3,(H,22,24). The molecule has 0 bridgehead atoms.